The van der Waals surface area contributed by atoms with E-state index in [0.717, 1.165) is 47.5 Å². The summed E-state index contributed by atoms with van der Waals surface area (Å²) in [5.74, 6) is -1.11. The molecule has 35 heavy (non-hydrogen) atoms. The van der Waals surface area contributed by atoms with Crippen molar-refractivity contribution in [1.82, 2.24) is 10.3 Å². The molecule has 4 N–H and O–H groups in total. The maximum absolute atomic E-state index is 13.0. The summed E-state index contributed by atoms with van der Waals surface area (Å²) >= 11 is 1.12. The lowest BCUT2D eigenvalue weighted by molar-refractivity contribution is -0.117. The van der Waals surface area contributed by atoms with Crippen LogP contribution in [-0.4, -0.2) is 52.7 Å². The number of aliphatic hydroxyl groups excluding tert-OH is 1. The summed E-state index contributed by atoms with van der Waals surface area (Å²) in [6, 6.07) is 17.0. The quantitative estimate of drug-likeness (QED) is 0.318. The van der Waals surface area contributed by atoms with Crippen LogP contribution in [0.25, 0.3) is 0 Å². The van der Waals surface area contributed by atoms with Gasteiger partial charge in [-0.05, 0) is 56.0 Å². The predicted octanol–water partition coefficient (Wildman–Crippen LogP) is 3.62. The van der Waals surface area contributed by atoms with Crippen molar-refractivity contribution >= 4 is 34.0 Å². The second-order valence-corrected chi connectivity index (χ2v) is 9.61. The molecule has 184 valence electrons. The fourth-order valence-electron chi connectivity index (χ4n) is 4.22. The van der Waals surface area contributed by atoms with Crippen molar-refractivity contribution in [3.8, 4) is 0 Å². The normalized spacial score (nSPS) is 16.3. The number of rotatable bonds is 10. The van der Waals surface area contributed by atoms with Gasteiger partial charge >= 0.3 is 5.97 Å². The minimum absolute atomic E-state index is 0.114. The summed E-state index contributed by atoms with van der Waals surface area (Å²) in [7, 11) is 0. The molecule has 9 heteroatoms. The Kier molecular flexibility index (Phi) is 8.12. The number of hydrogen-bond donors (Lipinski definition) is 4. The number of carbonyl (C=O) groups is 2. The molecule has 2 heterocycles. The minimum atomic E-state index is -0.992. The number of amides is 1. The first-order chi connectivity index (χ1) is 16.9. The SMILES string of the molecule is Cc1nc(N2CCC[C@H]2C(=O)Nc2ccc(CCNC[C@H](O)c3ccccc3)cc2)sc1C(=O)O. The molecule has 2 atom stereocenters. The standard InChI is InChI=1S/C26H30N4O4S/c1-17-23(25(33)34)35-26(28-17)30-15-5-8-21(30)24(32)29-20-11-9-18(10-12-20)13-14-27-16-22(31)19-6-3-2-4-7-19/h2-4,6-7,9-12,21-22,27,31H,5,8,13-16H2,1H3,(H,29,32)(H,33,34)/t21-,22-/m0/s1. The van der Waals surface area contributed by atoms with E-state index in [9.17, 15) is 19.8 Å². The lowest BCUT2D eigenvalue weighted by atomic mass is 10.1. The number of anilines is 2. The molecular formula is C26H30N4O4S. The van der Waals surface area contributed by atoms with Crippen LogP contribution in [0.2, 0.25) is 0 Å². The molecule has 0 saturated carbocycles. The Balaban J connectivity index is 1.27. The van der Waals surface area contributed by atoms with Gasteiger partial charge in [0, 0.05) is 18.8 Å². The summed E-state index contributed by atoms with van der Waals surface area (Å²) in [5, 5.41) is 26.4. The zero-order valence-electron chi connectivity index (χ0n) is 19.6. The topological polar surface area (TPSA) is 115 Å². The van der Waals surface area contributed by atoms with Gasteiger partial charge < -0.3 is 25.7 Å². The number of carboxylic acid groups (broad SMARTS) is 1. The lowest BCUT2D eigenvalue weighted by Crippen LogP contribution is -2.39. The molecule has 3 aromatic rings. The Labute approximate surface area is 208 Å². The van der Waals surface area contributed by atoms with Crippen molar-refractivity contribution in [2.45, 2.75) is 38.3 Å². The van der Waals surface area contributed by atoms with Crippen LogP contribution in [0.5, 0.6) is 0 Å². The highest BCUT2D eigenvalue weighted by Crippen LogP contribution is 2.32. The summed E-state index contributed by atoms with van der Waals surface area (Å²) in [6.07, 6.45) is 1.82. The number of carboxylic acids is 1. The molecule has 0 radical (unpaired) electrons. The van der Waals surface area contributed by atoms with Crippen LogP contribution in [0.15, 0.2) is 54.6 Å². The maximum Gasteiger partial charge on any atom is 0.347 e. The molecule has 1 aliphatic heterocycles. The number of aromatic nitrogens is 1. The summed E-state index contributed by atoms with van der Waals surface area (Å²) in [5.41, 5.74) is 3.22. The highest BCUT2D eigenvalue weighted by molar-refractivity contribution is 7.17. The summed E-state index contributed by atoms with van der Waals surface area (Å²) in [4.78, 5) is 30.8. The van der Waals surface area contributed by atoms with Crippen LogP contribution in [0.1, 0.15) is 45.4 Å². The van der Waals surface area contributed by atoms with E-state index in [2.05, 4.69) is 15.6 Å². The Morgan fingerprint density at radius 3 is 2.60 bits per heavy atom. The predicted molar refractivity (Wildman–Crippen MR) is 137 cm³/mol. The van der Waals surface area contributed by atoms with E-state index in [1.807, 2.05) is 59.5 Å². The number of aryl methyl sites for hydroxylation is 1. The van der Waals surface area contributed by atoms with Crippen LogP contribution in [0, 0.1) is 6.92 Å². The van der Waals surface area contributed by atoms with Crippen LogP contribution in [0.3, 0.4) is 0 Å². The Bertz CT molecular complexity index is 1150. The average molecular weight is 495 g/mol. The van der Waals surface area contributed by atoms with Gasteiger partial charge in [-0.2, -0.15) is 0 Å². The molecule has 2 aromatic carbocycles. The van der Waals surface area contributed by atoms with Gasteiger partial charge in [0.05, 0.1) is 11.8 Å². The van der Waals surface area contributed by atoms with Crippen molar-refractivity contribution in [1.29, 1.82) is 0 Å². The first-order valence-electron chi connectivity index (χ1n) is 11.7. The van der Waals surface area contributed by atoms with E-state index in [0.29, 0.717) is 30.3 Å². The number of carbonyl (C=O) groups excluding carboxylic acids is 1. The van der Waals surface area contributed by atoms with E-state index in [1.165, 1.54) is 0 Å². The van der Waals surface area contributed by atoms with E-state index in [1.54, 1.807) is 6.92 Å². The number of hydrogen-bond acceptors (Lipinski definition) is 7. The smallest absolute Gasteiger partial charge is 0.347 e. The van der Waals surface area contributed by atoms with E-state index in [-0.39, 0.29) is 16.8 Å². The third-order valence-electron chi connectivity index (χ3n) is 6.11. The molecule has 1 aromatic heterocycles. The van der Waals surface area contributed by atoms with Crippen molar-refractivity contribution in [3.63, 3.8) is 0 Å². The molecule has 0 unspecified atom stereocenters. The zero-order chi connectivity index (χ0) is 24.8. The van der Waals surface area contributed by atoms with Crippen molar-refractivity contribution in [2.24, 2.45) is 0 Å². The highest BCUT2D eigenvalue weighted by Gasteiger charge is 2.33. The molecule has 0 spiro atoms. The van der Waals surface area contributed by atoms with Gasteiger partial charge in [0.25, 0.3) is 0 Å². The third-order valence-corrected chi connectivity index (χ3v) is 7.30. The highest BCUT2D eigenvalue weighted by atomic mass is 32.1. The van der Waals surface area contributed by atoms with Gasteiger partial charge in [-0.1, -0.05) is 53.8 Å². The van der Waals surface area contributed by atoms with Gasteiger partial charge in [-0.3, -0.25) is 4.79 Å². The first-order valence-corrected chi connectivity index (χ1v) is 12.5. The van der Waals surface area contributed by atoms with Crippen molar-refractivity contribution < 1.29 is 19.8 Å². The molecular weight excluding hydrogens is 464 g/mol. The molecule has 1 aliphatic rings. The Morgan fingerprint density at radius 2 is 1.91 bits per heavy atom. The van der Waals surface area contributed by atoms with E-state index < -0.39 is 12.1 Å². The van der Waals surface area contributed by atoms with E-state index in [4.69, 9.17) is 0 Å². The van der Waals surface area contributed by atoms with Crippen LogP contribution in [-0.2, 0) is 11.2 Å². The fraction of sp³-hybridized carbons (Fsp3) is 0.346. The second kappa shape index (κ2) is 11.4. The summed E-state index contributed by atoms with van der Waals surface area (Å²) < 4.78 is 0. The zero-order valence-corrected chi connectivity index (χ0v) is 20.4. The van der Waals surface area contributed by atoms with Crippen molar-refractivity contribution in [2.75, 3.05) is 29.9 Å². The molecule has 4 rings (SSSR count). The summed E-state index contributed by atoms with van der Waals surface area (Å²) in [6.45, 7) is 3.58. The molecule has 0 bridgehead atoms. The molecule has 0 aliphatic carbocycles. The number of nitrogens with one attached hydrogen (secondary N) is 2. The van der Waals surface area contributed by atoms with Crippen LogP contribution >= 0.6 is 11.3 Å². The number of aromatic carboxylic acids is 1. The Morgan fingerprint density at radius 1 is 1.17 bits per heavy atom. The van der Waals surface area contributed by atoms with Gasteiger partial charge in [-0.25, -0.2) is 9.78 Å². The van der Waals surface area contributed by atoms with Crippen molar-refractivity contribution in [3.05, 3.63) is 76.3 Å². The second-order valence-electron chi connectivity index (χ2n) is 8.63. The average Bonchev–Trinajstić information content (AvgIpc) is 3.50. The monoisotopic (exact) mass is 494 g/mol. The van der Waals surface area contributed by atoms with Gasteiger partial charge in [0.2, 0.25) is 5.91 Å². The molecule has 1 amide bonds. The number of thiazole rings is 1. The molecule has 1 saturated heterocycles. The van der Waals surface area contributed by atoms with Gasteiger partial charge in [-0.15, -0.1) is 0 Å². The minimum Gasteiger partial charge on any atom is -0.477 e. The van der Waals surface area contributed by atoms with Crippen LogP contribution < -0.4 is 15.5 Å². The molecule has 1 fully saturated rings. The lowest BCUT2D eigenvalue weighted by Gasteiger charge is -2.23. The molecule has 8 nitrogen and oxygen atoms in total. The number of nitrogens with zero attached hydrogens (tertiary/aromatic N) is 2. The number of benzene rings is 2. The van der Waals surface area contributed by atoms with E-state index >= 15 is 0 Å². The number of aliphatic hydroxyl groups is 1. The maximum atomic E-state index is 13.0. The largest absolute Gasteiger partial charge is 0.477 e. The first kappa shape index (κ1) is 24.8. The van der Waals surface area contributed by atoms with Gasteiger partial charge in [0.15, 0.2) is 5.13 Å². The van der Waals surface area contributed by atoms with Gasteiger partial charge in [0.1, 0.15) is 10.9 Å². The fourth-order valence-corrected chi connectivity index (χ4v) is 5.20. The van der Waals surface area contributed by atoms with Crippen LogP contribution in [0.4, 0.5) is 10.8 Å². The third kappa shape index (κ3) is 6.25. The Hall–Kier alpha value is -3.27.